The summed E-state index contributed by atoms with van der Waals surface area (Å²) in [5.41, 5.74) is 1.92. The Morgan fingerprint density at radius 3 is 2.21 bits per heavy atom. The standard InChI is InChI=1S/C28H32N2O3S/c1-21(2)29-28(32)26(18-22-11-6-4-7-12-22)30(19-23-13-10-14-24(17-23)33-3)27(31)20-34-25-15-8-5-9-16-25/h4-17,21,26H,18-20H2,1-3H3,(H,29,32). The summed E-state index contributed by atoms with van der Waals surface area (Å²) >= 11 is 1.48. The smallest absolute Gasteiger partial charge is 0.243 e. The van der Waals surface area contributed by atoms with Gasteiger partial charge in [0.1, 0.15) is 11.8 Å². The van der Waals surface area contributed by atoms with Gasteiger partial charge in [0.15, 0.2) is 0 Å². The van der Waals surface area contributed by atoms with Crippen LogP contribution in [0.5, 0.6) is 5.75 Å². The van der Waals surface area contributed by atoms with Gasteiger partial charge >= 0.3 is 0 Å². The lowest BCUT2D eigenvalue weighted by molar-refractivity contribution is -0.139. The third-order valence-corrected chi connectivity index (χ3v) is 6.29. The molecule has 0 fully saturated rings. The topological polar surface area (TPSA) is 58.6 Å². The summed E-state index contributed by atoms with van der Waals surface area (Å²) in [7, 11) is 1.62. The zero-order valence-corrected chi connectivity index (χ0v) is 20.8. The maximum Gasteiger partial charge on any atom is 0.243 e. The normalized spacial score (nSPS) is 11.6. The van der Waals surface area contributed by atoms with E-state index in [4.69, 9.17) is 4.74 Å². The number of methoxy groups -OCH3 is 1. The van der Waals surface area contributed by atoms with Crippen molar-refractivity contribution in [3.63, 3.8) is 0 Å². The molecule has 5 nitrogen and oxygen atoms in total. The van der Waals surface area contributed by atoms with Gasteiger partial charge in [-0.15, -0.1) is 11.8 Å². The van der Waals surface area contributed by atoms with Crippen LogP contribution in [0.3, 0.4) is 0 Å². The quantitative estimate of drug-likeness (QED) is 0.398. The molecule has 1 unspecified atom stereocenters. The third-order valence-electron chi connectivity index (χ3n) is 5.29. The molecule has 178 valence electrons. The van der Waals surface area contributed by atoms with Gasteiger partial charge in [-0.05, 0) is 49.2 Å². The second-order valence-electron chi connectivity index (χ2n) is 8.34. The molecule has 0 bridgehead atoms. The summed E-state index contributed by atoms with van der Waals surface area (Å²) in [4.78, 5) is 29.7. The fourth-order valence-corrected chi connectivity index (χ4v) is 4.45. The predicted octanol–water partition coefficient (Wildman–Crippen LogP) is 4.95. The number of benzene rings is 3. The van der Waals surface area contributed by atoms with Crippen LogP contribution in [0.25, 0.3) is 0 Å². The van der Waals surface area contributed by atoms with Crippen LogP contribution in [-0.4, -0.2) is 41.7 Å². The average molecular weight is 477 g/mol. The van der Waals surface area contributed by atoms with Crippen molar-refractivity contribution in [1.29, 1.82) is 0 Å². The minimum atomic E-state index is -0.639. The first kappa shape index (κ1) is 25.4. The summed E-state index contributed by atoms with van der Waals surface area (Å²) in [6.07, 6.45) is 0.436. The van der Waals surface area contributed by atoms with E-state index in [2.05, 4.69) is 5.32 Å². The maximum atomic E-state index is 13.6. The average Bonchev–Trinajstić information content (AvgIpc) is 2.85. The van der Waals surface area contributed by atoms with E-state index in [0.717, 1.165) is 21.8 Å². The largest absolute Gasteiger partial charge is 0.497 e. The number of hydrogen-bond acceptors (Lipinski definition) is 4. The van der Waals surface area contributed by atoms with Crippen molar-refractivity contribution < 1.29 is 14.3 Å². The van der Waals surface area contributed by atoms with Crippen LogP contribution in [0.2, 0.25) is 0 Å². The molecule has 0 aliphatic heterocycles. The van der Waals surface area contributed by atoms with E-state index < -0.39 is 6.04 Å². The molecule has 1 atom stereocenters. The highest BCUT2D eigenvalue weighted by Gasteiger charge is 2.30. The fraction of sp³-hybridized carbons (Fsp3) is 0.286. The number of carbonyl (C=O) groups excluding carboxylic acids is 2. The molecule has 0 aliphatic rings. The van der Waals surface area contributed by atoms with Crippen molar-refractivity contribution in [2.45, 2.75) is 43.8 Å². The first-order valence-corrected chi connectivity index (χ1v) is 12.4. The van der Waals surface area contributed by atoms with Gasteiger partial charge in [0.05, 0.1) is 12.9 Å². The van der Waals surface area contributed by atoms with E-state index in [0.29, 0.717) is 13.0 Å². The van der Waals surface area contributed by atoms with E-state index in [1.807, 2.05) is 98.8 Å². The molecule has 34 heavy (non-hydrogen) atoms. The molecule has 0 saturated carbocycles. The number of nitrogens with zero attached hydrogens (tertiary/aromatic N) is 1. The van der Waals surface area contributed by atoms with Crippen molar-refractivity contribution in [3.8, 4) is 5.75 Å². The van der Waals surface area contributed by atoms with Crippen LogP contribution in [0.1, 0.15) is 25.0 Å². The number of thioether (sulfide) groups is 1. The summed E-state index contributed by atoms with van der Waals surface area (Å²) in [5, 5.41) is 3.02. The van der Waals surface area contributed by atoms with Crippen molar-refractivity contribution in [1.82, 2.24) is 10.2 Å². The molecule has 0 radical (unpaired) electrons. The molecule has 1 N–H and O–H groups in total. The molecular weight excluding hydrogens is 444 g/mol. The maximum absolute atomic E-state index is 13.6. The van der Waals surface area contributed by atoms with Gasteiger partial charge in [0, 0.05) is 23.9 Å². The number of rotatable bonds is 11. The van der Waals surface area contributed by atoms with Crippen LogP contribution >= 0.6 is 11.8 Å². The second-order valence-corrected chi connectivity index (χ2v) is 9.39. The highest BCUT2D eigenvalue weighted by Crippen LogP contribution is 2.22. The molecule has 3 aromatic rings. The van der Waals surface area contributed by atoms with E-state index in [-0.39, 0.29) is 23.6 Å². The molecule has 0 spiro atoms. The van der Waals surface area contributed by atoms with Gasteiger partial charge in [0.25, 0.3) is 0 Å². The number of carbonyl (C=O) groups is 2. The molecule has 6 heteroatoms. The Balaban J connectivity index is 1.91. The monoisotopic (exact) mass is 476 g/mol. The number of amides is 2. The van der Waals surface area contributed by atoms with Gasteiger partial charge in [0.2, 0.25) is 11.8 Å². The minimum Gasteiger partial charge on any atom is -0.497 e. The highest BCUT2D eigenvalue weighted by molar-refractivity contribution is 8.00. The molecular formula is C28H32N2O3S. The Kier molecular flexibility index (Phi) is 9.59. The lowest BCUT2D eigenvalue weighted by Crippen LogP contribution is -2.52. The van der Waals surface area contributed by atoms with Crippen LogP contribution in [0.15, 0.2) is 89.8 Å². The SMILES string of the molecule is COc1cccc(CN(C(=O)CSc2ccccc2)C(Cc2ccccc2)C(=O)NC(C)C)c1. The van der Waals surface area contributed by atoms with Crippen LogP contribution in [-0.2, 0) is 22.6 Å². The molecule has 0 heterocycles. The predicted molar refractivity (Wildman–Crippen MR) is 138 cm³/mol. The summed E-state index contributed by atoms with van der Waals surface area (Å²) in [6.45, 7) is 4.17. The van der Waals surface area contributed by atoms with E-state index in [1.54, 1.807) is 12.0 Å². The van der Waals surface area contributed by atoms with Gasteiger partial charge in [-0.2, -0.15) is 0 Å². The molecule has 3 rings (SSSR count). The van der Waals surface area contributed by atoms with Gasteiger partial charge in [-0.3, -0.25) is 9.59 Å². The summed E-state index contributed by atoms with van der Waals surface area (Å²) in [5.74, 6) is 0.722. The van der Waals surface area contributed by atoms with Crippen LogP contribution in [0, 0.1) is 0 Å². The van der Waals surface area contributed by atoms with Crippen molar-refractivity contribution in [3.05, 3.63) is 96.1 Å². The Hall–Kier alpha value is -3.25. The molecule has 2 amide bonds. The first-order valence-electron chi connectivity index (χ1n) is 11.4. The minimum absolute atomic E-state index is 0.0294. The molecule has 0 saturated heterocycles. The molecule has 0 aromatic heterocycles. The lowest BCUT2D eigenvalue weighted by atomic mass is 10.0. The summed E-state index contributed by atoms with van der Waals surface area (Å²) < 4.78 is 5.37. The second kappa shape index (κ2) is 12.8. The lowest BCUT2D eigenvalue weighted by Gasteiger charge is -2.32. The zero-order valence-electron chi connectivity index (χ0n) is 19.9. The van der Waals surface area contributed by atoms with Crippen LogP contribution in [0.4, 0.5) is 0 Å². The molecule has 3 aromatic carbocycles. The number of nitrogens with one attached hydrogen (secondary N) is 1. The van der Waals surface area contributed by atoms with E-state index in [9.17, 15) is 9.59 Å². The first-order chi connectivity index (χ1) is 16.5. The fourth-order valence-electron chi connectivity index (χ4n) is 3.65. The Morgan fingerprint density at radius 1 is 0.912 bits per heavy atom. The third kappa shape index (κ3) is 7.66. The summed E-state index contributed by atoms with van der Waals surface area (Å²) in [6, 6.07) is 26.6. The van der Waals surface area contributed by atoms with Gasteiger partial charge in [-0.25, -0.2) is 0 Å². The van der Waals surface area contributed by atoms with Crippen molar-refractivity contribution >= 4 is 23.6 Å². The Labute approximate surface area is 206 Å². The molecule has 0 aliphatic carbocycles. The highest BCUT2D eigenvalue weighted by atomic mass is 32.2. The van der Waals surface area contributed by atoms with Gasteiger partial charge < -0.3 is 15.0 Å². The number of hydrogen-bond donors (Lipinski definition) is 1. The van der Waals surface area contributed by atoms with E-state index in [1.165, 1.54) is 11.8 Å². The Morgan fingerprint density at radius 2 is 1.56 bits per heavy atom. The number of ether oxygens (including phenoxy) is 1. The van der Waals surface area contributed by atoms with Crippen LogP contribution < -0.4 is 10.1 Å². The zero-order chi connectivity index (χ0) is 24.3. The van der Waals surface area contributed by atoms with E-state index >= 15 is 0 Å². The van der Waals surface area contributed by atoms with Crippen molar-refractivity contribution in [2.24, 2.45) is 0 Å². The van der Waals surface area contributed by atoms with Crippen molar-refractivity contribution in [2.75, 3.05) is 12.9 Å². The van der Waals surface area contributed by atoms with Gasteiger partial charge in [-0.1, -0.05) is 60.7 Å². The Bertz CT molecular complexity index is 1060.